The van der Waals surface area contributed by atoms with Crippen LogP contribution in [-0.2, 0) is 9.47 Å². The molecule has 0 saturated carbocycles. The van der Waals surface area contributed by atoms with Crippen molar-refractivity contribution < 1.29 is 9.47 Å². The van der Waals surface area contributed by atoms with Crippen LogP contribution < -0.4 is 0 Å². The fourth-order valence-electron chi connectivity index (χ4n) is 6.18. The van der Waals surface area contributed by atoms with E-state index in [9.17, 15) is 0 Å². The van der Waals surface area contributed by atoms with Crippen LogP contribution in [0.25, 0.3) is 0 Å². The number of allylic oxidation sites excluding steroid dienone is 8. The first-order valence-electron chi connectivity index (χ1n) is 20.4. The second-order valence-electron chi connectivity index (χ2n) is 13.7. The number of ether oxygens (including phenoxy) is 2. The Kier molecular flexibility index (Phi) is 34.2. The van der Waals surface area contributed by atoms with E-state index in [1.165, 1.54) is 154 Å². The summed E-state index contributed by atoms with van der Waals surface area (Å²) in [6.07, 6.45) is 53.2. The van der Waals surface area contributed by atoms with Crippen molar-refractivity contribution in [2.75, 3.05) is 39.5 Å². The Morgan fingerprint density at radius 3 is 1.39 bits per heavy atom. The summed E-state index contributed by atoms with van der Waals surface area (Å²) in [6.45, 7) is 10.5. The highest BCUT2D eigenvalue weighted by molar-refractivity contribution is 4.93. The summed E-state index contributed by atoms with van der Waals surface area (Å²) >= 11 is 0. The van der Waals surface area contributed by atoms with Crippen LogP contribution in [0.5, 0.6) is 0 Å². The highest BCUT2D eigenvalue weighted by atomic mass is 16.5. The van der Waals surface area contributed by atoms with Crippen LogP contribution in [0.15, 0.2) is 48.6 Å². The standard InChI is InChI=1S/C43H79NO2/c1-3-5-7-9-11-13-15-17-19-21-22-24-26-28-30-32-34-36-43(42-44-37-40-45-41-38-44)46-39-35-33-31-29-27-25-23-20-18-16-14-12-10-8-6-4-2/h11-14,17-20,43H,3-10,15-16,21-42H2,1-2H3/b13-11-,14-12-,19-17-,20-18-. The molecule has 1 aliphatic heterocycles. The van der Waals surface area contributed by atoms with Crippen LogP contribution in [0, 0.1) is 0 Å². The molecule has 3 nitrogen and oxygen atoms in total. The molecular weight excluding hydrogens is 562 g/mol. The van der Waals surface area contributed by atoms with E-state index < -0.39 is 0 Å². The number of unbranched alkanes of at least 4 members (excludes halogenated alkanes) is 19. The first-order chi connectivity index (χ1) is 22.9. The number of morpholine rings is 1. The molecule has 1 saturated heterocycles. The maximum absolute atomic E-state index is 6.49. The number of nitrogens with zero attached hydrogens (tertiary/aromatic N) is 1. The van der Waals surface area contributed by atoms with Crippen LogP contribution in [0.2, 0.25) is 0 Å². The van der Waals surface area contributed by atoms with Crippen LogP contribution in [-0.4, -0.2) is 50.5 Å². The largest absolute Gasteiger partial charge is 0.379 e. The van der Waals surface area contributed by atoms with Crippen molar-refractivity contribution in [3.8, 4) is 0 Å². The van der Waals surface area contributed by atoms with Gasteiger partial charge in [-0.1, -0.05) is 152 Å². The Morgan fingerprint density at radius 2 is 0.913 bits per heavy atom. The molecule has 0 amide bonds. The Balaban J connectivity index is 2.02. The lowest BCUT2D eigenvalue weighted by atomic mass is 10.0. The van der Waals surface area contributed by atoms with E-state index in [0.717, 1.165) is 52.3 Å². The molecule has 268 valence electrons. The summed E-state index contributed by atoms with van der Waals surface area (Å²) in [5, 5.41) is 0. The van der Waals surface area contributed by atoms with Crippen molar-refractivity contribution in [2.45, 2.75) is 187 Å². The minimum atomic E-state index is 0.397. The monoisotopic (exact) mass is 642 g/mol. The van der Waals surface area contributed by atoms with Crippen LogP contribution in [0.3, 0.4) is 0 Å². The topological polar surface area (TPSA) is 21.7 Å². The molecule has 46 heavy (non-hydrogen) atoms. The molecule has 0 aliphatic carbocycles. The average molecular weight is 642 g/mol. The molecule has 0 radical (unpaired) electrons. The minimum absolute atomic E-state index is 0.397. The zero-order chi connectivity index (χ0) is 32.9. The molecule has 1 rings (SSSR count). The maximum Gasteiger partial charge on any atom is 0.0702 e. The molecular formula is C43H79NO2. The summed E-state index contributed by atoms with van der Waals surface area (Å²) in [6, 6.07) is 0. The molecule has 1 atom stereocenters. The highest BCUT2D eigenvalue weighted by Gasteiger charge is 2.17. The van der Waals surface area contributed by atoms with E-state index in [4.69, 9.17) is 9.47 Å². The predicted molar refractivity (Wildman–Crippen MR) is 205 cm³/mol. The van der Waals surface area contributed by atoms with Gasteiger partial charge in [0.05, 0.1) is 19.3 Å². The Hall–Kier alpha value is -1.16. The van der Waals surface area contributed by atoms with Gasteiger partial charge in [0.15, 0.2) is 0 Å². The zero-order valence-electron chi connectivity index (χ0n) is 31.1. The molecule has 1 aliphatic rings. The van der Waals surface area contributed by atoms with Gasteiger partial charge in [-0.15, -0.1) is 0 Å². The van der Waals surface area contributed by atoms with E-state index in [1.807, 2.05) is 0 Å². The molecule has 0 aromatic rings. The van der Waals surface area contributed by atoms with Crippen LogP contribution in [0.4, 0.5) is 0 Å². The third-order valence-electron chi connectivity index (χ3n) is 9.24. The van der Waals surface area contributed by atoms with Crippen molar-refractivity contribution in [1.29, 1.82) is 0 Å². The molecule has 1 unspecified atom stereocenters. The van der Waals surface area contributed by atoms with E-state index in [2.05, 4.69) is 67.4 Å². The molecule has 0 bridgehead atoms. The lowest BCUT2D eigenvalue weighted by Gasteiger charge is -2.30. The van der Waals surface area contributed by atoms with Gasteiger partial charge < -0.3 is 9.47 Å². The zero-order valence-corrected chi connectivity index (χ0v) is 31.1. The number of rotatable bonds is 34. The molecule has 0 aromatic carbocycles. The fraction of sp³-hybridized carbons (Fsp3) is 0.814. The second-order valence-corrected chi connectivity index (χ2v) is 13.7. The van der Waals surface area contributed by atoms with Crippen molar-refractivity contribution >= 4 is 0 Å². The lowest BCUT2D eigenvalue weighted by molar-refractivity contribution is -0.0165. The third-order valence-corrected chi connectivity index (χ3v) is 9.24. The predicted octanol–water partition coefficient (Wildman–Crippen LogP) is 13.1. The van der Waals surface area contributed by atoms with Gasteiger partial charge in [0.2, 0.25) is 0 Å². The van der Waals surface area contributed by atoms with Crippen molar-refractivity contribution in [3.63, 3.8) is 0 Å². The third kappa shape index (κ3) is 31.4. The molecule has 3 heteroatoms. The summed E-state index contributed by atoms with van der Waals surface area (Å²) < 4.78 is 12.1. The van der Waals surface area contributed by atoms with Gasteiger partial charge in [-0.2, -0.15) is 0 Å². The summed E-state index contributed by atoms with van der Waals surface area (Å²) in [4.78, 5) is 2.56. The van der Waals surface area contributed by atoms with E-state index in [-0.39, 0.29) is 0 Å². The SMILES string of the molecule is CCCCC/C=C\C/C=C\CCCCCCCCCC(CN1CCOCC1)OCCCCCCCC/C=C\C/C=C\CCCCC. The molecule has 0 spiro atoms. The smallest absolute Gasteiger partial charge is 0.0702 e. The number of hydrogen-bond donors (Lipinski definition) is 0. The quantitative estimate of drug-likeness (QED) is 0.0515. The normalized spacial score (nSPS) is 15.4. The summed E-state index contributed by atoms with van der Waals surface area (Å²) in [5.41, 5.74) is 0. The van der Waals surface area contributed by atoms with Gasteiger partial charge in [-0.05, 0) is 77.0 Å². The van der Waals surface area contributed by atoms with E-state index in [1.54, 1.807) is 0 Å². The van der Waals surface area contributed by atoms with Gasteiger partial charge in [-0.25, -0.2) is 0 Å². The van der Waals surface area contributed by atoms with Gasteiger partial charge >= 0.3 is 0 Å². The van der Waals surface area contributed by atoms with Gasteiger partial charge in [0.25, 0.3) is 0 Å². The fourth-order valence-corrected chi connectivity index (χ4v) is 6.18. The van der Waals surface area contributed by atoms with Crippen molar-refractivity contribution in [2.24, 2.45) is 0 Å². The van der Waals surface area contributed by atoms with Crippen LogP contribution in [0.1, 0.15) is 181 Å². The molecule has 1 heterocycles. The first-order valence-corrected chi connectivity index (χ1v) is 20.4. The average Bonchev–Trinajstić information content (AvgIpc) is 3.07. The van der Waals surface area contributed by atoms with Gasteiger partial charge in [0, 0.05) is 26.2 Å². The first kappa shape index (κ1) is 42.9. The van der Waals surface area contributed by atoms with Gasteiger partial charge in [0.1, 0.15) is 0 Å². The molecule has 1 fully saturated rings. The van der Waals surface area contributed by atoms with Gasteiger partial charge in [-0.3, -0.25) is 4.90 Å². The number of hydrogen-bond acceptors (Lipinski definition) is 3. The Bertz CT molecular complexity index is 656. The second kappa shape index (κ2) is 36.7. The minimum Gasteiger partial charge on any atom is -0.379 e. The highest BCUT2D eigenvalue weighted by Crippen LogP contribution is 2.15. The van der Waals surface area contributed by atoms with Crippen molar-refractivity contribution in [1.82, 2.24) is 4.90 Å². The summed E-state index contributed by atoms with van der Waals surface area (Å²) in [7, 11) is 0. The molecule has 0 N–H and O–H groups in total. The van der Waals surface area contributed by atoms with E-state index in [0.29, 0.717) is 6.10 Å². The molecule has 0 aromatic heterocycles. The lowest BCUT2D eigenvalue weighted by Crippen LogP contribution is -2.41. The maximum atomic E-state index is 6.49. The van der Waals surface area contributed by atoms with E-state index >= 15 is 0 Å². The van der Waals surface area contributed by atoms with Crippen LogP contribution >= 0.6 is 0 Å². The van der Waals surface area contributed by atoms with Crippen molar-refractivity contribution in [3.05, 3.63) is 48.6 Å². The summed E-state index contributed by atoms with van der Waals surface area (Å²) in [5.74, 6) is 0. The Morgan fingerprint density at radius 1 is 0.500 bits per heavy atom. The Labute approximate surface area is 288 Å².